The highest BCUT2D eigenvalue weighted by molar-refractivity contribution is 8.00. The number of hydrogen-bond acceptors (Lipinski definition) is 2. The molecule has 0 bridgehead atoms. The van der Waals surface area contributed by atoms with Gasteiger partial charge in [0.1, 0.15) is 5.82 Å². The summed E-state index contributed by atoms with van der Waals surface area (Å²) in [5, 5.41) is 0. The Balaban J connectivity index is 1.90. The van der Waals surface area contributed by atoms with Crippen molar-refractivity contribution in [1.29, 1.82) is 0 Å². The fraction of sp³-hybridized carbons (Fsp3) is 0.562. The lowest BCUT2D eigenvalue weighted by Crippen LogP contribution is -2.42. The highest BCUT2D eigenvalue weighted by Crippen LogP contribution is 2.25. The number of halogens is 1. The largest absolute Gasteiger partial charge is 0.339 e. The molecular formula is C16H22FNOS. The lowest BCUT2D eigenvalue weighted by Gasteiger charge is -2.33. The molecule has 1 aromatic rings. The van der Waals surface area contributed by atoms with Crippen LogP contribution in [0, 0.1) is 5.82 Å². The molecule has 0 N–H and O–H groups in total. The quantitative estimate of drug-likeness (QED) is 0.762. The lowest BCUT2D eigenvalue weighted by molar-refractivity contribution is -0.131. The molecule has 0 aromatic heterocycles. The maximum atomic E-state index is 13.5. The molecular weight excluding hydrogens is 273 g/mol. The summed E-state index contributed by atoms with van der Waals surface area (Å²) < 4.78 is 13.5. The number of thioether (sulfide) groups is 1. The van der Waals surface area contributed by atoms with E-state index in [0.29, 0.717) is 16.7 Å². The number of carbonyl (C=O) groups excluding carboxylic acids is 1. The molecule has 1 aromatic carbocycles. The van der Waals surface area contributed by atoms with Crippen molar-refractivity contribution in [3.05, 3.63) is 30.1 Å². The van der Waals surface area contributed by atoms with E-state index in [-0.39, 0.29) is 11.7 Å². The van der Waals surface area contributed by atoms with E-state index in [4.69, 9.17) is 0 Å². The third-order valence-electron chi connectivity index (χ3n) is 3.86. The van der Waals surface area contributed by atoms with Crippen molar-refractivity contribution < 1.29 is 9.18 Å². The molecule has 1 aliphatic rings. The van der Waals surface area contributed by atoms with E-state index < -0.39 is 0 Å². The molecule has 1 saturated carbocycles. The van der Waals surface area contributed by atoms with E-state index in [1.54, 1.807) is 18.2 Å². The van der Waals surface area contributed by atoms with Crippen molar-refractivity contribution in [3.8, 4) is 0 Å². The number of carbonyl (C=O) groups is 1. The van der Waals surface area contributed by atoms with Gasteiger partial charge in [0.05, 0.1) is 5.75 Å². The average Bonchev–Trinajstić information content (AvgIpc) is 2.48. The Kier molecular flexibility index (Phi) is 5.89. The summed E-state index contributed by atoms with van der Waals surface area (Å²) in [6.45, 7) is 2.78. The minimum atomic E-state index is -0.244. The van der Waals surface area contributed by atoms with Crippen LogP contribution in [0.1, 0.15) is 39.0 Å². The Morgan fingerprint density at radius 1 is 1.30 bits per heavy atom. The summed E-state index contributed by atoms with van der Waals surface area (Å²) in [7, 11) is 0. The fourth-order valence-corrected chi connectivity index (χ4v) is 3.64. The van der Waals surface area contributed by atoms with Gasteiger partial charge in [-0.2, -0.15) is 0 Å². The second-order valence-corrected chi connectivity index (χ2v) is 6.21. The molecule has 0 radical (unpaired) electrons. The zero-order chi connectivity index (χ0) is 14.4. The topological polar surface area (TPSA) is 20.3 Å². The fourth-order valence-electron chi connectivity index (χ4n) is 2.82. The van der Waals surface area contributed by atoms with Crippen molar-refractivity contribution in [3.63, 3.8) is 0 Å². The summed E-state index contributed by atoms with van der Waals surface area (Å²) >= 11 is 1.30. The highest BCUT2D eigenvalue weighted by atomic mass is 32.2. The van der Waals surface area contributed by atoms with E-state index in [2.05, 4.69) is 0 Å². The molecule has 110 valence electrons. The summed E-state index contributed by atoms with van der Waals surface area (Å²) in [5.74, 6) is 0.212. The first-order chi connectivity index (χ1) is 9.72. The third kappa shape index (κ3) is 3.98. The highest BCUT2D eigenvalue weighted by Gasteiger charge is 2.24. The number of rotatable bonds is 5. The Bertz CT molecular complexity index is 446. The van der Waals surface area contributed by atoms with Crippen LogP contribution < -0.4 is 0 Å². The van der Waals surface area contributed by atoms with Gasteiger partial charge in [0.25, 0.3) is 0 Å². The van der Waals surface area contributed by atoms with E-state index in [1.165, 1.54) is 37.1 Å². The molecule has 2 nitrogen and oxygen atoms in total. The second kappa shape index (κ2) is 7.67. The first-order valence-corrected chi connectivity index (χ1v) is 8.37. The van der Waals surface area contributed by atoms with Crippen LogP contribution in [0.2, 0.25) is 0 Å². The van der Waals surface area contributed by atoms with Crippen LogP contribution in [0.15, 0.2) is 29.2 Å². The molecule has 0 saturated heterocycles. The van der Waals surface area contributed by atoms with Gasteiger partial charge in [0.2, 0.25) is 5.91 Å². The Morgan fingerprint density at radius 3 is 2.65 bits per heavy atom. The maximum Gasteiger partial charge on any atom is 0.233 e. The van der Waals surface area contributed by atoms with Crippen LogP contribution in [0.5, 0.6) is 0 Å². The van der Waals surface area contributed by atoms with E-state index >= 15 is 0 Å². The van der Waals surface area contributed by atoms with Crippen LogP contribution in [0.25, 0.3) is 0 Å². The Morgan fingerprint density at radius 2 is 2.00 bits per heavy atom. The molecule has 0 spiro atoms. The van der Waals surface area contributed by atoms with Gasteiger partial charge in [0, 0.05) is 17.5 Å². The summed E-state index contributed by atoms with van der Waals surface area (Å²) in [5.41, 5.74) is 0. The van der Waals surface area contributed by atoms with Gasteiger partial charge >= 0.3 is 0 Å². The molecule has 0 unspecified atom stereocenters. The van der Waals surface area contributed by atoms with Crippen molar-refractivity contribution in [2.45, 2.75) is 50.0 Å². The van der Waals surface area contributed by atoms with Gasteiger partial charge in [-0.05, 0) is 31.9 Å². The smallest absolute Gasteiger partial charge is 0.233 e. The van der Waals surface area contributed by atoms with Gasteiger partial charge in [-0.25, -0.2) is 4.39 Å². The zero-order valence-electron chi connectivity index (χ0n) is 12.0. The molecule has 1 fully saturated rings. The predicted octanol–water partition coefficient (Wildman–Crippen LogP) is 4.10. The molecule has 4 heteroatoms. The monoisotopic (exact) mass is 295 g/mol. The van der Waals surface area contributed by atoms with Gasteiger partial charge in [-0.1, -0.05) is 31.4 Å². The Hall–Kier alpha value is -1.03. The van der Waals surface area contributed by atoms with E-state index in [9.17, 15) is 9.18 Å². The average molecular weight is 295 g/mol. The summed E-state index contributed by atoms with van der Waals surface area (Å²) in [4.78, 5) is 14.9. The van der Waals surface area contributed by atoms with Crippen LogP contribution in [0.3, 0.4) is 0 Å². The van der Waals surface area contributed by atoms with Crippen molar-refractivity contribution in [1.82, 2.24) is 4.90 Å². The molecule has 2 rings (SSSR count). The molecule has 1 aliphatic carbocycles. The molecule has 20 heavy (non-hydrogen) atoms. The number of benzene rings is 1. The van der Waals surface area contributed by atoms with Gasteiger partial charge in [-0.15, -0.1) is 11.8 Å². The summed E-state index contributed by atoms with van der Waals surface area (Å²) in [6.07, 6.45) is 5.95. The van der Waals surface area contributed by atoms with E-state index in [1.807, 2.05) is 11.8 Å². The summed E-state index contributed by atoms with van der Waals surface area (Å²) in [6, 6.07) is 7.02. The van der Waals surface area contributed by atoms with Crippen LogP contribution in [0.4, 0.5) is 4.39 Å². The Labute approximate surface area is 124 Å². The number of amides is 1. The molecule has 1 amide bonds. The van der Waals surface area contributed by atoms with Gasteiger partial charge in [0.15, 0.2) is 0 Å². The minimum Gasteiger partial charge on any atom is -0.339 e. The third-order valence-corrected chi connectivity index (χ3v) is 4.90. The minimum absolute atomic E-state index is 0.132. The maximum absolute atomic E-state index is 13.5. The van der Waals surface area contributed by atoms with Crippen LogP contribution in [-0.2, 0) is 4.79 Å². The first kappa shape index (κ1) is 15.4. The number of hydrogen-bond donors (Lipinski definition) is 0. The SMILES string of the molecule is CCN(C(=O)CSc1ccccc1F)C1CCCCC1. The van der Waals surface area contributed by atoms with E-state index in [0.717, 1.165) is 19.4 Å². The zero-order valence-corrected chi connectivity index (χ0v) is 12.8. The van der Waals surface area contributed by atoms with Crippen LogP contribution in [-0.4, -0.2) is 29.1 Å². The number of nitrogens with zero attached hydrogens (tertiary/aromatic N) is 1. The second-order valence-electron chi connectivity index (χ2n) is 5.19. The standard InChI is InChI=1S/C16H22FNOS/c1-2-18(13-8-4-3-5-9-13)16(19)12-20-15-11-7-6-10-14(15)17/h6-7,10-11,13H,2-5,8-9,12H2,1H3. The van der Waals surface area contributed by atoms with Crippen LogP contribution >= 0.6 is 11.8 Å². The first-order valence-electron chi connectivity index (χ1n) is 7.39. The van der Waals surface area contributed by atoms with Gasteiger partial charge in [-0.3, -0.25) is 4.79 Å². The van der Waals surface area contributed by atoms with Gasteiger partial charge < -0.3 is 4.90 Å². The van der Waals surface area contributed by atoms with Crippen molar-refractivity contribution >= 4 is 17.7 Å². The molecule has 0 atom stereocenters. The predicted molar refractivity (Wildman–Crippen MR) is 81.4 cm³/mol. The lowest BCUT2D eigenvalue weighted by atomic mass is 9.94. The van der Waals surface area contributed by atoms with Crippen molar-refractivity contribution in [2.75, 3.05) is 12.3 Å². The van der Waals surface area contributed by atoms with Crippen molar-refractivity contribution in [2.24, 2.45) is 0 Å². The molecule has 0 aliphatic heterocycles. The molecule has 0 heterocycles. The normalized spacial score (nSPS) is 16.1.